The predicted octanol–water partition coefficient (Wildman–Crippen LogP) is 3.16. The van der Waals surface area contributed by atoms with E-state index in [1.807, 2.05) is 19.1 Å². The molecule has 0 unspecified atom stereocenters. The molecule has 1 heterocycles. The van der Waals surface area contributed by atoms with Crippen molar-refractivity contribution in [2.24, 2.45) is 0 Å². The number of rotatable bonds is 8. The van der Waals surface area contributed by atoms with Crippen molar-refractivity contribution >= 4 is 11.0 Å². The number of likely N-dealkylation sites (N-methyl/N-ethyl adjacent to an activating group) is 1. The largest absolute Gasteiger partial charge is 0.494 e. The van der Waals surface area contributed by atoms with Crippen LogP contribution in [0.4, 0.5) is 0 Å². The zero-order valence-electron chi connectivity index (χ0n) is 13.3. The SMILES string of the molecule is C=C(C)Cn1c(CCNCC)nc2cc(OCC)ccc21. The van der Waals surface area contributed by atoms with Gasteiger partial charge in [-0.3, -0.25) is 0 Å². The second-order valence-corrected chi connectivity index (χ2v) is 5.26. The Morgan fingerprint density at radius 2 is 2.19 bits per heavy atom. The zero-order valence-corrected chi connectivity index (χ0v) is 13.3. The first kappa shape index (κ1) is 15.6. The van der Waals surface area contributed by atoms with Crippen LogP contribution in [0.15, 0.2) is 30.4 Å². The van der Waals surface area contributed by atoms with Gasteiger partial charge in [-0.2, -0.15) is 0 Å². The summed E-state index contributed by atoms with van der Waals surface area (Å²) in [4.78, 5) is 4.78. The summed E-state index contributed by atoms with van der Waals surface area (Å²) in [5, 5.41) is 3.35. The summed E-state index contributed by atoms with van der Waals surface area (Å²) in [5.41, 5.74) is 3.27. The Labute approximate surface area is 126 Å². The van der Waals surface area contributed by atoms with Crippen LogP contribution in [-0.4, -0.2) is 29.2 Å². The molecule has 1 aromatic heterocycles. The lowest BCUT2D eigenvalue weighted by molar-refractivity contribution is 0.340. The number of aromatic nitrogens is 2. The maximum absolute atomic E-state index is 5.56. The number of benzene rings is 1. The number of hydrogen-bond acceptors (Lipinski definition) is 3. The van der Waals surface area contributed by atoms with Crippen LogP contribution < -0.4 is 10.1 Å². The van der Waals surface area contributed by atoms with E-state index in [1.165, 1.54) is 0 Å². The highest BCUT2D eigenvalue weighted by molar-refractivity contribution is 5.78. The molecule has 0 amide bonds. The quantitative estimate of drug-likeness (QED) is 0.599. The molecule has 21 heavy (non-hydrogen) atoms. The molecule has 1 N–H and O–H groups in total. The molecule has 0 spiro atoms. The maximum atomic E-state index is 5.56. The molecule has 4 heteroatoms. The predicted molar refractivity (Wildman–Crippen MR) is 88.0 cm³/mol. The normalized spacial score (nSPS) is 11.0. The van der Waals surface area contributed by atoms with Gasteiger partial charge in [-0.15, -0.1) is 0 Å². The first-order valence-corrected chi connectivity index (χ1v) is 7.62. The Morgan fingerprint density at radius 3 is 2.86 bits per heavy atom. The van der Waals surface area contributed by atoms with E-state index in [-0.39, 0.29) is 0 Å². The van der Waals surface area contributed by atoms with Crippen molar-refractivity contribution in [1.82, 2.24) is 14.9 Å². The van der Waals surface area contributed by atoms with E-state index in [1.54, 1.807) is 0 Å². The molecule has 0 saturated heterocycles. The fourth-order valence-electron chi connectivity index (χ4n) is 2.43. The van der Waals surface area contributed by atoms with Gasteiger partial charge in [-0.25, -0.2) is 4.98 Å². The highest BCUT2D eigenvalue weighted by Gasteiger charge is 2.11. The molecule has 0 atom stereocenters. The van der Waals surface area contributed by atoms with Crippen molar-refractivity contribution in [2.75, 3.05) is 19.7 Å². The summed E-state index contributed by atoms with van der Waals surface area (Å²) in [6.45, 7) is 13.6. The number of nitrogens with zero attached hydrogens (tertiary/aromatic N) is 2. The third-order valence-corrected chi connectivity index (χ3v) is 3.31. The lowest BCUT2D eigenvalue weighted by atomic mass is 10.2. The van der Waals surface area contributed by atoms with Crippen molar-refractivity contribution in [1.29, 1.82) is 0 Å². The summed E-state index contributed by atoms with van der Waals surface area (Å²) in [6, 6.07) is 6.12. The first-order chi connectivity index (χ1) is 10.2. The third-order valence-electron chi connectivity index (χ3n) is 3.31. The minimum atomic E-state index is 0.672. The Bertz CT molecular complexity index is 616. The molecule has 0 radical (unpaired) electrons. The second kappa shape index (κ2) is 7.27. The fraction of sp³-hybridized carbons (Fsp3) is 0.471. The lowest BCUT2D eigenvalue weighted by Crippen LogP contribution is -2.18. The average Bonchev–Trinajstić information content (AvgIpc) is 2.76. The van der Waals surface area contributed by atoms with Gasteiger partial charge in [0.05, 0.1) is 17.6 Å². The molecule has 0 aliphatic rings. The van der Waals surface area contributed by atoms with Crippen LogP contribution in [0.1, 0.15) is 26.6 Å². The molecular weight excluding hydrogens is 262 g/mol. The molecule has 0 aliphatic carbocycles. The minimum Gasteiger partial charge on any atom is -0.494 e. The van der Waals surface area contributed by atoms with Crippen LogP contribution in [-0.2, 0) is 13.0 Å². The second-order valence-electron chi connectivity index (χ2n) is 5.26. The van der Waals surface area contributed by atoms with E-state index in [2.05, 4.69) is 36.4 Å². The van der Waals surface area contributed by atoms with Crippen LogP contribution in [0, 0.1) is 0 Å². The van der Waals surface area contributed by atoms with Gasteiger partial charge in [0, 0.05) is 25.6 Å². The zero-order chi connectivity index (χ0) is 15.2. The summed E-state index contributed by atoms with van der Waals surface area (Å²) < 4.78 is 7.82. The third kappa shape index (κ3) is 3.85. The van der Waals surface area contributed by atoms with Gasteiger partial charge in [0.25, 0.3) is 0 Å². The van der Waals surface area contributed by atoms with Gasteiger partial charge in [0.15, 0.2) is 0 Å². The monoisotopic (exact) mass is 287 g/mol. The van der Waals surface area contributed by atoms with Gasteiger partial charge in [-0.1, -0.05) is 19.1 Å². The van der Waals surface area contributed by atoms with Gasteiger partial charge >= 0.3 is 0 Å². The van der Waals surface area contributed by atoms with Crippen LogP contribution in [0.25, 0.3) is 11.0 Å². The van der Waals surface area contributed by atoms with Crippen molar-refractivity contribution in [3.63, 3.8) is 0 Å². The molecule has 0 bridgehead atoms. The molecule has 2 aromatic rings. The number of nitrogens with one attached hydrogen (secondary N) is 1. The number of imidazole rings is 1. The van der Waals surface area contributed by atoms with Crippen molar-refractivity contribution < 1.29 is 4.74 Å². The Morgan fingerprint density at radius 1 is 1.38 bits per heavy atom. The standard InChI is InChI=1S/C17H25N3O/c1-5-18-10-9-17-19-15-11-14(21-6-2)7-8-16(15)20(17)12-13(3)4/h7-8,11,18H,3,5-6,9-10,12H2,1-2,4H3. The number of allylic oxidation sites excluding steroid dienone is 1. The van der Waals surface area contributed by atoms with Crippen LogP contribution in [0.3, 0.4) is 0 Å². The van der Waals surface area contributed by atoms with E-state index >= 15 is 0 Å². The topological polar surface area (TPSA) is 39.1 Å². The van der Waals surface area contributed by atoms with E-state index < -0.39 is 0 Å². The minimum absolute atomic E-state index is 0.672. The number of hydrogen-bond donors (Lipinski definition) is 1. The van der Waals surface area contributed by atoms with Gasteiger partial charge < -0.3 is 14.6 Å². The average molecular weight is 287 g/mol. The maximum Gasteiger partial charge on any atom is 0.121 e. The smallest absolute Gasteiger partial charge is 0.121 e. The molecular formula is C17H25N3O. The highest BCUT2D eigenvalue weighted by Crippen LogP contribution is 2.23. The van der Waals surface area contributed by atoms with Crippen molar-refractivity contribution in [3.05, 3.63) is 36.2 Å². The number of fused-ring (bicyclic) bond motifs is 1. The first-order valence-electron chi connectivity index (χ1n) is 7.62. The Balaban J connectivity index is 2.36. The van der Waals surface area contributed by atoms with Crippen molar-refractivity contribution in [3.8, 4) is 5.75 Å². The molecule has 4 nitrogen and oxygen atoms in total. The lowest BCUT2D eigenvalue weighted by Gasteiger charge is -2.09. The molecule has 0 saturated carbocycles. The molecule has 114 valence electrons. The summed E-state index contributed by atoms with van der Waals surface area (Å²) >= 11 is 0. The number of ether oxygens (including phenoxy) is 1. The van der Waals surface area contributed by atoms with Gasteiger partial charge in [0.2, 0.25) is 0 Å². The van der Waals surface area contributed by atoms with Crippen LogP contribution in [0.2, 0.25) is 0 Å². The van der Waals surface area contributed by atoms with Crippen LogP contribution >= 0.6 is 0 Å². The molecule has 2 rings (SSSR count). The fourth-order valence-corrected chi connectivity index (χ4v) is 2.43. The molecule has 0 aliphatic heterocycles. The van der Waals surface area contributed by atoms with E-state index in [9.17, 15) is 0 Å². The summed E-state index contributed by atoms with van der Waals surface area (Å²) in [5.74, 6) is 1.98. The van der Waals surface area contributed by atoms with E-state index in [0.29, 0.717) is 6.61 Å². The Hall–Kier alpha value is -1.81. The summed E-state index contributed by atoms with van der Waals surface area (Å²) in [6.07, 6.45) is 0.916. The van der Waals surface area contributed by atoms with Crippen molar-refractivity contribution in [2.45, 2.75) is 33.7 Å². The molecule has 1 aromatic carbocycles. The van der Waals surface area contributed by atoms with Crippen LogP contribution in [0.5, 0.6) is 5.75 Å². The van der Waals surface area contributed by atoms with Gasteiger partial charge in [0.1, 0.15) is 11.6 Å². The Kier molecular flexibility index (Phi) is 5.39. The van der Waals surface area contributed by atoms with E-state index in [4.69, 9.17) is 9.72 Å². The van der Waals surface area contributed by atoms with Gasteiger partial charge in [-0.05, 0) is 32.5 Å². The molecule has 0 fully saturated rings. The summed E-state index contributed by atoms with van der Waals surface area (Å²) in [7, 11) is 0. The highest BCUT2D eigenvalue weighted by atomic mass is 16.5. The van der Waals surface area contributed by atoms with E-state index in [0.717, 1.165) is 54.2 Å².